The fourth-order valence-electron chi connectivity index (χ4n) is 4.74. The summed E-state index contributed by atoms with van der Waals surface area (Å²) in [4.78, 5) is 19.5. The second-order valence-electron chi connectivity index (χ2n) is 8.05. The van der Waals surface area contributed by atoms with Gasteiger partial charge >= 0.3 is 0 Å². The molecular weight excluding hydrogens is 364 g/mol. The van der Waals surface area contributed by atoms with Crippen molar-refractivity contribution in [3.05, 3.63) is 53.9 Å². The minimum atomic E-state index is -0.668. The van der Waals surface area contributed by atoms with E-state index in [0.717, 1.165) is 19.0 Å². The van der Waals surface area contributed by atoms with Gasteiger partial charge in [0.1, 0.15) is 5.82 Å². The molecule has 2 saturated carbocycles. The SMILES string of the molecule is O=C(NC12CCC(O)(CC1)C2)c1ccc(-c2ncc(F)c3[nH]ccc23)c(F)c1. The summed E-state index contributed by atoms with van der Waals surface area (Å²) < 4.78 is 28.6. The largest absolute Gasteiger partial charge is 0.390 e. The summed E-state index contributed by atoms with van der Waals surface area (Å²) in [6.07, 6.45) is 6.02. The number of carbonyl (C=O) groups is 1. The van der Waals surface area contributed by atoms with Crippen LogP contribution in [0.15, 0.2) is 36.7 Å². The van der Waals surface area contributed by atoms with E-state index in [1.54, 1.807) is 18.3 Å². The van der Waals surface area contributed by atoms with Gasteiger partial charge in [0.05, 0.1) is 23.0 Å². The highest BCUT2D eigenvalue weighted by Crippen LogP contribution is 2.50. The molecule has 1 amide bonds. The van der Waals surface area contributed by atoms with Gasteiger partial charge in [-0.15, -0.1) is 0 Å². The summed E-state index contributed by atoms with van der Waals surface area (Å²) in [7, 11) is 0. The third-order valence-electron chi connectivity index (χ3n) is 6.22. The third-order valence-corrected chi connectivity index (χ3v) is 6.22. The fraction of sp³-hybridized carbons (Fsp3) is 0.333. The molecule has 7 heteroatoms. The molecule has 2 heterocycles. The number of aliphatic hydroxyl groups is 1. The van der Waals surface area contributed by atoms with Crippen molar-refractivity contribution in [3.8, 4) is 11.3 Å². The molecule has 3 aromatic rings. The number of amides is 1. The number of halogens is 2. The summed E-state index contributed by atoms with van der Waals surface area (Å²) in [5.74, 6) is -1.45. The first kappa shape index (κ1) is 17.3. The highest BCUT2D eigenvalue weighted by atomic mass is 19.1. The molecule has 5 nitrogen and oxygen atoms in total. The average molecular weight is 383 g/mol. The number of H-pyrrole nitrogens is 1. The lowest BCUT2D eigenvalue weighted by molar-refractivity contribution is 0.0521. The van der Waals surface area contributed by atoms with Gasteiger partial charge in [-0.2, -0.15) is 0 Å². The Kier molecular flexibility index (Phi) is 3.61. The standard InChI is InChI=1S/C21H19F2N3O2/c22-15-9-12(19(27)26-20-4-6-21(28,11-20)7-5-20)1-2-13(15)17-14-3-8-24-18(14)16(23)10-25-17/h1-3,8-10,24,28H,4-7,11H2,(H,26,27). The number of aromatic nitrogens is 2. The van der Waals surface area contributed by atoms with E-state index in [4.69, 9.17) is 0 Å². The lowest BCUT2D eigenvalue weighted by Crippen LogP contribution is -2.45. The summed E-state index contributed by atoms with van der Waals surface area (Å²) in [5.41, 5.74) is -0.0616. The van der Waals surface area contributed by atoms with Crippen LogP contribution in [-0.2, 0) is 0 Å². The van der Waals surface area contributed by atoms with Crippen molar-refractivity contribution in [3.63, 3.8) is 0 Å². The molecule has 2 bridgehead atoms. The van der Waals surface area contributed by atoms with Gasteiger partial charge in [-0.3, -0.25) is 9.78 Å². The molecule has 1 aromatic carbocycles. The van der Waals surface area contributed by atoms with Crippen molar-refractivity contribution < 1.29 is 18.7 Å². The summed E-state index contributed by atoms with van der Waals surface area (Å²) in [6.45, 7) is 0. The number of pyridine rings is 1. The number of rotatable bonds is 3. The van der Waals surface area contributed by atoms with E-state index in [9.17, 15) is 18.7 Å². The Morgan fingerprint density at radius 3 is 2.61 bits per heavy atom. The number of fused-ring (bicyclic) bond motifs is 3. The number of hydrogen-bond donors (Lipinski definition) is 3. The zero-order chi connectivity index (χ0) is 19.5. The van der Waals surface area contributed by atoms with Crippen molar-refractivity contribution in [1.82, 2.24) is 15.3 Å². The Hall–Kier alpha value is -2.80. The second kappa shape index (κ2) is 5.85. The fourth-order valence-corrected chi connectivity index (χ4v) is 4.74. The van der Waals surface area contributed by atoms with E-state index >= 15 is 0 Å². The van der Waals surface area contributed by atoms with Gasteiger partial charge in [-0.05, 0) is 56.4 Å². The summed E-state index contributed by atoms with van der Waals surface area (Å²) in [5, 5.41) is 13.8. The quantitative estimate of drug-likeness (QED) is 0.646. The van der Waals surface area contributed by atoms with Crippen LogP contribution in [0.4, 0.5) is 8.78 Å². The van der Waals surface area contributed by atoms with Gasteiger partial charge in [-0.25, -0.2) is 8.78 Å². The van der Waals surface area contributed by atoms with E-state index < -0.39 is 22.8 Å². The molecule has 2 aliphatic rings. The van der Waals surface area contributed by atoms with Gasteiger partial charge in [0.25, 0.3) is 5.91 Å². The minimum Gasteiger partial charge on any atom is -0.390 e. The lowest BCUT2D eigenvalue weighted by Gasteiger charge is -2.27. The molecule has 5 rings (SSSR count). The normalized spacial score (nSPS) is 26.1. The molecule has 0 unspecified atom stereocenters. The van der Waals surface area contributed by atoms with Crippen LogP contribution in [-0.4, -0.2) is 32.1 Å². The first-order valence-corrected chi connectivity index (χ1v) is 9.35. The minimum absolute atomic E-state index is 0.204. The summed E-state index contributed by atoms with van der Waals surface area (Å²) in [6, 6.07) is 5.86. The van der Waals surface area contributed by atoms with Gasteiger partial charge in [-0.1, -0.05) is 0 Å². The topological polar surface area (TPSA) is 78.0 Å². The highest BCUT2D eigenvalue weighted by molar-refractivity contribution is 5.97. The van der Waals surface area contributed by atoms with Crippen LogP contribution >= 0.6 is 0 Å². The zero-order valence-electron chi connectivity index (χ0n) is 15.1. The van der Waals surface area contributed by atoms with Crippen LogP contribution in [0.3, 0.4) is 0 Å². The molecule has 0 atom stereocenters. The molecule has 0 aliphatic heterocycles. The van der Waals surface area contributed by atoms with Crippen molar-refractivity contribution in [2.24, 2.45) is 0 Å². The monoisotopic (exact) mass is 383 g/mol. The Morgan fingerprint density at radius 2 is 1.93 bits per heavy atom. The molecule has 144 valence electrons. The molecule has 2 fully saturated rings. The van der Waals surface area contributed by atoms with E-state index in [1.807, 2.05) is 0 Å². The predicted octanol–water partition coefficient (Wildman–Crippen LogP) is 3.69. The van der Waals surface area contributed by atoms with Crippen LogP contribution in [0.25, 0.3) is 22.2 Å². The molecule has 28 heavy (non-hydrogen) atoms. The van der Waals surface area contributed by atoms with Gasteiger partial charge in [0, 0.05) is 28.2 Å². The molecule has 0 radical (unpaired) electrons. The Balaban J connectivity index is 1.44. The maximum atomic E-state index is 14.8. The predicted molar refractivity (Wildman–Crippen MR) is 99.7 cm³/mol. The van der Waals surface area contributed by atoms with E-state index in [0.29, 0.717) is 30.3 Å². The molecular formula is C21H19F2N3O2. The highest BCUT2D eigenvalue weighted by Gasteiger charge is 2.54. The van der Waals surface area contributed by atoms with Crippen LogP contribution in [0.1, 0.15) is 42.5 Å². The molecule has 0 saturated heterocycles. The lowest BCUT2D eigenvalue weighted by atomic mass is 9.92. The second-order valence-corrected chi connectivity index (χ2v) is 8.05. The van der Waals surface area contributed by atoms with E-state index in [-0.39, 0.29) is 22.6 Å². The smallest absolute Gasteiger partial charge is 0.251 e. The van der Waals surface area contributed by atoms with E-state index in [1.165, 1.54) is 12.1 Å². The number of hydrogen-bond acceptors (Lipinski definition) is 3. The number of nitrogens with one attached hydrogen (secondary N) is 2. The van der Waals surface area contributed by atoms with Crippen molar-refractivity contribution in [1.29, 1.82) is 0 Å². The zero-order valence-corrected chi connectivity index (χ0v) is 15.1. The van der Waals surface area contributed by atoms with Crippen molar-refractivity contribution in [2.75, 3.05) is 0 Å². The number of carbonyl (C=O) groups excluding carboxylic acids is 1. The summed E-state index contributed by atoms with van der Waals surface area (Å²) >= 11 is 0. The Morgan fingerprint density at radius 1 is 1.14 bits per heavy atom. The Labute approximate surface area is 159 Å². The number of aromatic amines is 1. The first-order chi connectivity index (χ1) is 13.4. The molecule has 2 aromatic heterocycles. The third kappa shape index (κ3) is 2.61. The number of benzene rings is 1. The van der Waals surface area contributed by atoms with Gasteiger partial charge in [0.15, 0.2) is 5.82 Å². The van der Waals surface area contributed by atoms with Crippen LogP contribution in [0.2, 0.25) is 0 Å². The molecule has 3 N–H and O–H groups in total. The maximum absolute atomic E-state index is 14.8. The van der Waals surface area contributed by atoms with Crippen LogP contribution < -0.4 is 5.32 Å². The first-order valence-electron chi connectivity index (χ1n) is 9.35. The molecule has 2 aliphatic carbocycles. The van der Waals surface area contributed by atoms with Crippen molar-refractivity contribution in [2.45, 2.75) is 43.2 Å². The Bertz CT molecular complexity index is 1100. The van der Waals surface area contributed by atoms with Crippen LogP contribution in [0.5, 0.6) is 0 Å². The van der Waals surface area contributed by atoms with Crippen LogP contribution in [0, 0.1) is 11.6 Å². The maximum Gasteiger partial charge on any atom is 0.251 e. The average Bonchev–Trinajstić information content (AvgIpc) is 3.35. The molecule has 0 spiro atoms. The number of nitrogens with zero attached hydrogens (tertiary/aromatic N) is 1. The van der Waals surface area contributed by atoms with E-state index in [2.05, 4.69) is 15.3 Å². The van der Waals surface area contributed by atoms with Gasteiger partial charge < -0.3 is 15.4 Å². The van der Waals surface area contributed by atoms with Crippen molar-refractivity contribution >= 4 is 16.8 Å². The van der Waals surface area contributed by atoms with Gasteiger partial charge in [0.2, 0.25) is 0 Å².